The van der Waals surface area contributed by atoms with E-state index in [1.807, 2.05) is 13.8 Å². The quantitative estimate of drug-likeness (QED) is 0.415. The lowest BCUT2D eigenvalue weighted by molar-refractivity contribution is 0.476. The van der Waals surface area contributed by atoms with Crippen LogP contribution in [0.15, 0.2) is 30.5 Å². The Kier molecular flexibility index (Phi) is 6.23. The second-order valence-electron chi connectivity index (χ2n) is 9.17. The van der Waals surface area contributed by atoms with Gasteiger partial charge in [0.15, 0.2) is 5.82 Å². The molecule has 2 N–H and O–H groups in total. The number of fused-ring (bicyclic) bond motifs is 2. The molecule has 0 amide bonds. The first-order valence-corrected chi connectivity index (χ1v) is 12.2. The van der Waals surface area contributed by atoms with Crippen molar-refractivity contribution in [3.63, 3.8) is 0 Å². The van der Waals surface area contributed by atoms with E-state index >= 15 is 4.39 Å². The molecule has 0 saturated carbocycles. The summed E-state index contributed by atoms with van der Waals surface area (Å²) >= 11 is 0. The third-order valence-electron chi connectivity index (χ3n) is 6.61. The number of pyridine rings is 1. The Bertz CT molecular complexity index is 1420. The number of phenolic OH excluding ortho intramolecular Hbond substituents is 1. The highest BCUT2D eigenvalue weighted by molar-refractivity contribution is 6.01. The first kappa shape index (κ1) is 23.4. The first-order valence-electron chi connectivity index (χ1n) is 12.2. The van der Waals surface area contributed by atoms with E-state index in [1.165, 1.54) is 12.1 Å². The number of halogens is 2. The van der Waals surface area contributed by atoms with Crippen molar-refractivity contribution in [2.45, 2.75) is 46.1 Å². The van der Waals surface area contributed by atoms with Crippen LogP contribution in [-0.4, -0.2) is 45.7 Å². The fourth-order valence-corrected chi connectivity index (χ4v) is 5.01. The molecule has 1 fully saturated rings. The van der Waals surface area contributed by atoms with Crippen molar-refractivity contribution in [1.82, 2.24) is 20.3 Å². The van der Waals surface area contributed by atoms with Crippen LogP contribution < -0.4 is 10.2 Å². The molecule has 1 aliphatic rings. The monoisotopic (exact) mass is 477 g/mol. The van der Waals surface area contributed by atoms with E-state index in [9.17, 15) is 9.50 Å². The van der Waals surface area contributed by atoms with Gasteiger partial charge >= 0.3 is 0 Å². The minimum Gasteiger partial charge on any atom is -0.508 e. The molecule has 35 heavy (non-hydrogen) atoms. The van der Waals surface area contributed by atoms with Gasteiger partial charge in [0.1, 0.15) is 34.4 Å². The number of aromatic nitrogens is 3. The molecule has 4 aromatic rings. The molecule has 1 saturated heterocycles. The summed E-state index contributed by atoms with van der Waals surface area (Å²) in [6.07, 6.45) is 3.48. The lowest BCUT2D eigenvalue weighted by atomic mass is 9.94. The van der Waals surface area contributed by atoms with Crippen LogP contribution in [0.3, 0.4) is 0 Å². The Hall–Kier alpha value is -3.39. The number of nitrogens with one attached hydrogen (secondary N) is 1. The van der Waals surface area contributed by atoms with E-state index in [1.54, 1.807) is 18.3 Å². The maximum atomic E-state index is 16.2. The molecule has 0 bridgehead atoms. The Balaban J connectivity index is 1.78. The molecular formula is C27H29F2N5O. The Morgan fingerprint density at radius 2 is 2.00 bits per heavy atom. The van der Waals surface area contributed by atoms with Gasteiger partial charge in [-0.2, -0.15) is 0 Å². The summed E-state index contributed by atoms with van der Waals surface area (Å²) in [6, 6.07) is 6.25. The number of anilines is 1. The van der Waals surface area contributed by atoms with Gasteiger partial charge in [0.2, 0.25) is 0 Å². The molecule has 1 atom stereocenters. The summed E-state index contributed by atoms with van der Waals surface area (Å²) in [6.45, 7) is 8.30. The fourth-order valence-electron chi connectivity index (χ4n) is 5.01. The van der Waals surface area contributed by atoms with E-state index in [2.05, 4.69) is 27.1 Å². The van der Waals surface area contributed by atoms with Gasteiger partial charge in [0.25, 0.3) is 0 Å². The summed E-state index contributed by atoms with van der Waals surface area (Å²) in [5, 5.41) is 15.5. The van der Waals surface area contributed by atoms with Crippen molar-refractivity contribution < 1.29 is 13.9 Å². The summed E-state index contributed by atoms with van der Waals surface area (Å²) in [5.74, 6) is 0.275. The number of nitrogens with zero attached hydrogens (tertiary/aromatic N) is 4. The minimum atomic E-state index is -0.593. The van der Waals surface area contributed by atoms with Gasteiger partial charge < -0.3 is 15.3 Å². The molecule has 6 nitrogen and oxygen atoms in total. The normalized spacial score (nSPS) is 16.4. The standard InChI is InChI=1S/C27H29F2N5O/c1-4-6-22-32-26-20(27(33-22)34-10-9-30-15(3)14-34)13-31-25(24(26)29)19-12-17(35)11-16-7-8-21(28)18(5-2)23(16)19/h7-8,11-13,15,30,35H,4-6,9-10,14H2,1-3H3/t15-/m1/s1. The zero-order valence-electron chi connectivity index (χ0n) is 20.2. The van der Waals surface area contributed by atoms with Crippen LogP contribution in [0.5, 0.6) is 5.75 Å². The molecule has 3 heterocycles. The molecule has 0 unspecified atom stereocenters. The van der Waals surface area contributed by atoms with E-state index < -0.39 is 5.82 Å². The van der Waals surface area contributed by atoms with Crippen LogP contribution in [0.4, 0.5) is 14.6 Å². The third-order valence-corrected chi connectivity index (χ3v) is 6.61. The van der Waals surface area contributed by atoms with E-state index in [0.29, 0.717) is 51.8 Å². The number of hydrogen-bond acceptors (Lipinski definition) is 6. The fraction of sp³-hybridized carbons (Fsp3) is 0.370. The second-order valence-corrected chi connectivity index (χ2v) is 9.17. The van der Waals surface area contributed by atoms with Crippen molar-refractivity contribution in [3.8, 4) is 17.0 Å². The Morgan fingerprint density at radius 1 is 1.17 bits per heavy atom. The Labute approximate surface area is 203 Å². The lowest BCUT2D eigenvalue weighted by Gasteiger charge is -2.33. The molecule has 5 rings (SSSR count). The zero-order valence-corrected chi connectivity index (χ0v) is 20.2. The molecular weight excluding hydrogens is 448 g/mol. The van der Waals surface area contributed by atoms with Crippen molar-refractivity contribution >= 4 is 27.5 Å². The maximum Gasteiger partial charge on any atom is 0.175 e. The van der Waals surface area contributed by atoms with Crippen LogP contribution in [0.2, 0.25) is 0 Å². The molecule has 2 aromatic heterocycles. The molecule has 8 heteroatoms. The highest BCUT2D eigenvalue weighted by atomic mass is 19.1. The number of rotatable bonds is 5. The van der Waals surface area contributed by atoms with Crippen molar-refractivity contribution in [2.75, 3.05) is 24.5 Å². The van der Waals surface area contributed by atoms with Gasteiger partial charge in [0, 0.05) is 43.9 Å². The smallest absolute Gasteiger partial charge is 0.175 e. The number of hydrogen-bond donors (Lipinski definition) is 2. The van der Waals surface area contributed by atoms with Gasteiger partial charge in [-0.15, -0.1) is 0 Å². The van der Waals surface area contributed by atoms with Gasteiger partial charge in [0.05, 0.1) is 5.39 Å². The number of phenols is 1. The van der Waals surface area contributed by atoms with Crippen LogP contribution >= 0.6 is 0 Å². The highest BCUT2D eigenvalue weighted by Crippen LogP contribution is 2.38. The van der Waals surface area contributed by atoms with E-state index in [4.69, 9.17) is 4.98 Å². The minimum absolute atomic E-state index is 0.0349. The van der Waals surface area contributed by atoms with Crippen molar-refractivity contribution in [2.24, 2.45) is 0 Å². The summed E-state index contributed by atoms with van der Waals surface area (Å²) in [7, 11) is 0. The molecule has 0 spiro atoms. The number of aromatic hydroxyl groups is 1. The van der Waals surface area contributed by atoms with Gasteiger partial charge in [-0.05, 0) is 54.3 Å². The Morgan fingerprint density at radius 3 is 2.74 bits per heavy atom. The van der Waals surface area contributed by atoms with Gasteiger partial charge in [-0.1, -0.05) is 19.9 Å². The topological polar surface area (TPSA) is 74.2 Å². The van der Waals surface area contributed by atoms with Gasteiger partial charge in [-0.25, -0.2) is 18.7 Å². The van der Waals surface area contributed by atoms with Crippen molar-refractivity contribution in [1.29, 1.82) is 0 Å². The predicted octanol–water partition coefficient (Wildman–Crippen LogP) is 5.14. The summed E-state index contributed by atoms with van der Waals surface area (Å²) < 4.78 is 30.9. The van der Waals surface area contributed by atoms with Crippen molar-refractivity contribution in [3.05, 3.63) is 53.5 Å². The molecule has 0 aliphatic carbocycles. The average Bonchev–Trinajstić information content (AvgIpc) is 2.84. The lowest BCUT2D eigenvalue weighted by Crippen LogP contribution is -2.49. The van der Waals surface area contributed by atoms with Crippen LogP contribution in [0.25, 0.3) is 32.9 Å². The predicted molar refractivity (Wildman–Crippen MR) is 135 cm³/mol. The molecule has 182 valence electrons. The molecule has 1 aliphatic heterocycles. The third kappa shape index (κ3) is 4.16. The number of aryl methyl sites for hydroxylation is 2. The summed E-state index contributed by atoms with van der Waals surface area (Å²) in [5.41, 5.74) is 1.05. The SMILES string of the molecule is CCCc1nc(N2CCN[C@H](C)C2)c2cnc(-c3cc(O)cc4ccc(F)c(CC)c34)c(F)c2n1. The average molecular weight is 478 g/mol. The van der Waals surface area contributed by atoms with E-state index in [0.717, 1.165) is 26.1 Å². The second kappa shape index (κ2) is 9.34. The largest absolute Gasteiger partial charge is 0.508 e. The first-order chi connectivity index (χ1) is 16.9. The number of piperazine rings is 1. The van der Waals surface area contributed by atoms with Gasteiger partial charge in [-0.3, -0.25) is 4.98 Å². The van der Waals surface area contributed by atoms with Crippen LogP contribution in [0.1, 0.15) is 38.6 Å². The maximum absolute atomic E-state index is 16.2. The zero-order chi connectivity index (χ0) is 24.7. The van der Waals surface area contributed by atoms with Crippen LogP contribution in [0, 0.1) is 11.6 Å². The molecule has 0 radical (unpaired) electrons. The van der Waals surface area contributed by atoms with E-state index in [-0.39, 0.29) is 28.8 Å². The summed E-state index contributed by atoms with van der Waals surface area (Å²) in [4.78, 5) is 16.0. The highest BCUT2D eigenvalue weighted by Gasteiger charge is 2.24. The molecule has 2 aromatic carbocycles. The van der Waals surface area contributed by atoms with Crippen LogP contribution in [-0.2, 0) is 12.8 Å². The number of benzene rings is 2.